The maximum atomic E-state index is 3.74. The van der Waals surface area contributed by atoms with E-state index in [0.29, 0.717) is 0 Å². The van der Waals surface area contributed by atoms with Crippen molar-refractivity contribution in [2.24, 2.45) is 5.92 Å². The molecule has 1 aromatic carbocycles. The first-order valence-corrected chi connectivity index (χ1v) is 7.86. The lowest BCUT2D eigenvalue weighted by molar-refractivity contribution is 0.647. The second kappa shape index (κ2) is 10.0. The molecule has 1 aromatic rings. The van der Waals surface area contributed by atoms with Crippen LogP contribution in [0.15, 0.2) is 43.0 Å². The SMILES string of the molecule is C=C/C=C(\SC)c1ccc(CC(C)C)cc1.CC. The molecule has 0 radical (unpaired) electrons. The monoisotopic (exact) mass is 262 g/mol. The fraction of sp³-hybridized carbons (Fsp3) is 0.412. The van der Waals surface area contributed by atoms with Gasteiger partial charge in [-0.25, -0.2) is 0 Å². The van der Waals surface area contributed by atoms with Crippen molar-refractivity contribution in [1.82, 2.24) is 0 Å². The Bertz CT molecular complexity index is 358. The van der Waals surface area contributed by atoms with Crippen LogP contribution in [-0.2, 0) is 6.42 Å². The highest BCUT2D eigenvalue weighted by molar-refractivity contribution is 8.07. The summed E-state index contributed by atoms with van der Waals surface area (Å²) in [6.07, 6.45) is 7.15. The molecule has 0 nitrogen and oxygen atoms in total. The van der Waals surface area contributed by atoms with Crippen molar-refractivity contribution in [2.45, 2.75) is 34.1 Å². The van der Waals surface area contributed by atoms with E-state index >= 15 is 0 Å². The molecule has 0 aliphatic heterocycles. The number of rotatable bonds is 5. The Morgan fingerprint density at radius 2 is 1.78 bits per heavy atom. The van der Waals surface area contributed by atoms with E-state index in [1.165, 1.54) is 16.0 Å². The van der Waals surface area contributed by atoms with Gasteiger partial charge < -0.3 is 0 Å². The van der Waals surface area contributed by atoms with E-state index in [1.807, 2.05) is 19.9 Å². The molecule has 0 aliphatic carbocycles. The molecule has 18 heavy (non-hydrogen) atoms. The molecule has 0 aliphatic rings. The fourth-order valence-electron chi connectivity index (χ4n) is 1.67. The number of thioether (sulfide) groups is 1. The highest BCUT2D eigenvalue weighted by Crippen LogP contribution is 2.25. The standard InChI is InChI=1S/C15H20S.C2H6/c1-5-6-15(16-4)14-9-7-13(8-10-14)11-12(2)3;1-2/h5-10,12H,1,11H2,2-4H3;1-2H3/b15-6-;. The minimum atomic E-state index is 0.717. The van der Waals surface area contributed by atoms with Crippen molar-refractivity contribution in [3.05, 3.63) is 54.1 Å². The summed E-state index contributed by atoms with van der Waals surface area (Å²) in [4.78, 5) is 1.27. The van der Waals surface area contributed by atoms with Crippen LogP contribution >= 0.6 is 11.8 Å². The van der Waals surface area contributed by atoms with Crippen LogP contribution in [0.3, 0.4) is 0 Å². The lowest BCUT2D eigenvalue weighted by atomic mass is 10.0. The Morgan fingerprint density at radius 1 is 1.22 bits per heavy atom. The normalized spacial score (nSPS) is 10.9. The molecule has 0 saturated carbocycles. The molecule has 100 valence electrons. The van der Waals surface area contributed by atoms with Crippen molar-refractivity contribution >= 4 is 16.7 Å². The van der Waals surface area contributed by atoms with Crippen molar-refractivity contribution in [3.63, 3.8) is 0 Å². The van der Waals surface area contributed by atoms with Gasteiger partial charge in [0.15, 0.2) is 0 Å². The van der Waals surface area contributed by atoms with Crippen molar-refractivity contribution in [2.75, 3.05) is 6.26 Å². The van der Waals surface area contributed by atoms with Crippen LogP contribution in [0.4, 0.5) is 0 Å². The average molecular weight is 262 g/mol. The molecule has 0 fully saturated rings. The van der Waals surface area contributed by atoms with Crippen molar-refractivity contribution < 1.29 is 0 Å². The lowest BCUT2D eigenvalue weighted by Crippen LogP contribution is -1.93. The summed E-state index contributed by atoms with van der Waals surface area (Å²) in [6.45, 7) is 12.2. The van der Waals surface area contributed by atoms with Crippen LogP contribution in [0.25, 0.3) is 4.91 Å². The van der Waals surface area contributed by atoms with Crippen LogP contribution in [0.2, 0.25) is 0 Å². The smallest absolute Gasteiger partial charge is 0.0141 e. The molecule has 0 atom stereocenters. The average Bonchev–Trinajstić information content (AvgIpc) is 2.39. The van der Waals surface area contributed by atoms with Gasteiger partial charge in [-0.05, 0) is 35.8 Å². The van der Waals surface area contributed by atoms with Gasteiger partial charge in [-0.15, -0.1) is 11.8 Å². The summed E-state index contributed by atoms with van der Waals surface area (Å²) in [5.74, 6) is 0.717. The molecule has 0 bridgehead atoms. The third kappa shape index (κ3) is 6.11. The second-order valence-electron chi connectivity index (χ2n) is 4.27. The third-order valence-corrected chi connectivity index (χ3v) is 3.18. The third-order valence-electron chi connectivity index (χ3n) is 2.37. The first kappa shape index (κ1) is 17.1. The molecule has 1 heteroatoms. The van der Waals surface area contributed by atoms with E-state index in [2.05, 4.69) is 57.0 Å². The van der Waals surface area contributed by atoms with Gasteiger partial charge >= 0.3 is 0 Å². The van der Waals surface area contributed by atoms with Crippen LogP contribution in [0, 0.1) is 5.92 Å². The summed E-state index contributed by atoms with van der Waals surface area (Å²) >= 11 is 1.76. The molecular formula is C17H26S. The Labute approximate surface area is 117 Å². The Balaban J connectivity index is 0.00000137. The minimum Gasteiger partial charge on any atom is -0.129 e. The quantitative estimate of drug-likeness (QED) is 0.604. The molecule has 0 spiro atoms. The van der Waals surface area contributed by atoms with Gasteiger partial charge in [0.2, 0.25) is 0 Å². The maximum Gasteiger partial charge on any atom is 0.0141 e. The van der Waals surface area contributed by atoms with Crippen molar-refractivity contribution in [3.8, 4) is 0 Å². The zero-order chi connectivity index (χ0) is 14.0. The van der Waals surface area contributed by atoms with E-state index in [4.69, 9.17) is 0 Å². The van der Waals surface area contributed by atoms with Crippen LogP contribution < -0.4 is 0 Å². The fourth-order valence-corrected chi connectivity index (χ4v) is 2.27. The second-order valence-corrected chi connectivity index (χ2v) is 5.11. The zero-order valence-corrected chi connectivity index (χ0v) is 13.2. The van der Waals surface area contributed by atoms with Crippen LogP contribution in [0.5, 0.6) is 0 Å². The highest BCUT2D eigenvalue weighted by atomic mass is 32.2. The maximum absolute atomic E-state index is 3.74. The van der Waals surface area contributed by atoms with Crippen LogP contribution in [0.1, 0.15) is 38.8 Å². The van der Waals surface area contributed by atoms with E-state index in [9.17, 15) is 0 Å². The summed E-state index contributed by atoms with van der Waals surface area (Å²) in [5.41, 5.74) is 2.69. The predicted octanol–water partition coefficient (Wildman–Crippen LogP) is 5.80. The molecule has 0 heterocycles. The van der Waals surface area contributed by atoms with Gasteiger partial charge in [-0.1, -0.05) is 64.6 Å². The summed E-state index contributed by atoms with van der Waals surface area (Å²) in [5, 5.41) is 0. The van der Waals surface area contributed by atoms with Gasteiger partial charge in [-0.2, -0.15) is 0 Å². The summed E-state index contributed by atoms with van der Waals surface area (Å²) in [6, 6.07) is 8.85. The minimum absolute atomic E-state index is 0.717. The number of hydrogen-bond donors (Lipinski definition) is 0. The van der Waals surface area contributed by atoms with Gasteiger partial charge in [0.25, 0.3) is 0 Å². The van der Waals surface area contributed by atoms with E-state index < -0.39 is 0 Å². The van der Waals surface area contributed by atoms with Gasteiger partial charge in [0, 0.05) is 4.91 Å². The molecule has 0 aromatic heterocycles. The van der Waals surface area contributed by atoms with E-state index in [0.717, 1.165) is 12.3 Å². The largest absolute Gasteiger partial charge is 0.129 e. The Morgan fingerprint density at radius 3 is 2.17 bits per heavy atom. The number of benzene rings is 1. The summed E-state index contributed by atoms with van der Waals surface area (Å²) < 4.78 is 0. The molecule has 1 rings (SSSR count). The van der Waals surface area contributed by atoms with Crippen LogP contribution in [-0.4, -0.2) is 6.26 Å². The molecule has 0 saturated heterocycles. The molecule has 0 unspecified atom stereocenters. The lowest BCUT2D eigenvalue weighted by Gasteiger charge is -2.07. The van der Waals surface area contributed by atoms with Crippen molar-refractivity contribution in [1.29, 1.82) is 0 Å². The molecule has 0 amide bonds. The summed E-state index contributed by atoms with van der Waals surface area (Å²) in [7, 11) is 0. The van der Waals surface area contributed by atoms with E-state index in [1.54, 1.807) is 11.8 Å². The first-order valence-electron chi connectivity index (χ1n) is 6.63. The molecular weight excluding hydrogens is 236 g/mol. The van der Waals surface area contributed by atoms with Gasteiger partial charge in [0.1, 0.15) is 0 Å². The topological polar surface area (TPSA) is 0 Å². The van der Waals surface area contributed by atoms with E-state index in [-0.39, 0.29) is 0 Å². The zero-order valence-electron chi connectivity index (χ0n) is 12.4. The number of allylic oxidation sites excluding steroid dienone is 2. The van der Waals surface area contributed by atoms with Gasteiger partial charge in [-0.3, -0.25) is 0 Å². The first-order chi connectivity index (χ1) is 8.67. The number of hydrogen-bond acceptors (Lipinski definition) is 1. The Hall–Kier alpha value is -0.950. The predicted molar refractivity (Wildman–Crippen MR) is 88.0 cm³/mol. The highest BCUT2D eigenvalue weighted by Gasteiger charge is 2.01. The molecule has 0 N–H and O–H groups in total. The Kier molecular flexibility index (Phi) is 9.49. The van der Waals surface area contributed by atoms with Gasteiger partial charge in [0.05, 0.1) is 0 Å².